The van der Waals surface area contributed by atoms with E-state index in [1.54, 1.807) is 41.2 Å². The second-order valence-electron chi connectivity index (χ2n) is 7.74. The molecule has 2 amide bonds. The van der Waals surface area contributed by atoms with Gasteiger partial charge in [-0.1, -0.05) is 6.92 Å². The first-order valence-corrected chi connectivity index (χ1v) is 10.3. The number of carbonyl (C=O) groups is 2. The lowest BCUT2D eigenvalue weighted by Gasteiger charge is -2.29. The lowest BCUT2D eigenvalue weighted by Crippen LogP contribution is -2.39. The molecule has 3 rings (SSSR count). The Bertz CT molecular complexity index is 957. The number of ether oxygens (including phenoxy) is 1. The first-order chi connectivity index (χ1) is 13.7. The SMILES string of the molecule is CCC(=O)N(c1cccnc1)c1sc2c(c1C#N)CCN(C(=O)OC(C)(C)C)C2. The highest BCUT2D eigenvalue weighted by Gasteiger charge is 2.32. The van der Waals surface area contributed by atoms with E-state index in [2.05, 4.69) is 11.1 Å². The van der Waals surface area contributed by atoms with Crippen molar-refractivity contribution in [2.45, 2.75) is 52.7 Å². The van der Waals surface area contributed by atoms with Gasteiger partial charge in [0.1, 0.15) is 16.7 Å². The molecule has 0 atom stereocenters. The van der Waals surface area contributed by atoms with E-state index >= 15 is 0 Å². The standard InChI is InChI=1S/C21H24N4O3S/c1-5-18(26)25(14-7-6-9-23-12-14)19-16(11-22)15-8-10-24(13-17(15)29-19)20(27)28-21(2,3)4/h6-7,9,12H,5,8,10,13H2,1-4H3. The number of anilines is 2. The molecule has 0 spiro atoms. The van der Waals surface area contributed by atoms with Crippen LogP contribution in [-0.2, 0) is 22.5 Å². The fourth-order valence-corrected chi connectivity index (χ4v) is 4.51. The molecule has 0 saturated heterocycles. The minimum Gasteiger partial charge on any atom is -0.444 e. The molecule has 7 nitrogen and oxygen atoms in total. The minimum atomic E-state index is -0.569. The van der Waals surface area contributed by atoms with Crippen LogP contribution >= 0.6 is 11.3 Å². The molecule has 3 heterocycles. The van der Waals surface area contributed by atoms with Gasteiger partial charge in [-0.3, -0.25) is 14.7 Å². The molecule has 0 saturated carbocycles. The lowest BCUT2D eigenvalue weighted by atomic mass is 10.0. The van der Waals surface area contributed by atoms with Crippen molar-refractivity contribution in [2.24, 2.45) is 0 Å². The minimum absolute atomic E-state index is 0.114. The summed E-state index contributed by atoms with van der Waals surface area (Å²) < 4.78 is 5.48. The Balaban J connectivity index is 1.98. The molecule has 0 bridgehead atoms. The lowest BCUT2D eigenvalue weighted by molar-refractivity contribution is -0.117. The van der Waals surface area contributed by atoms with E-state index in [9.17, 15) is 14.9 Å². The third-order valence-corrected chi connectivity index (χ3v) is 5.66. The third-order valence-electron chi connectivity index (χ3n) is 4.46. The summed E-state index contributed by atoms with van der Waals surface area (Å²) in [5.74, 6) is -0.114. The number of nitrogens with zero attached hydrogens (tertiary/aromatic N) is 4. The molecule has 2 aromatic rings. The highest BCUT2D eigenvalue weighted by Crippen LogP contribution is 2.42. The first-order valence-electron chi connectivity index (χ1n) is 9.50. The summed E-state index contributed by atoms with van der Waals surface area (Å²) in [6, 6.07) is 5.83. The Morgan fingerprint density at radius 2 is 2.17 bits per heavy atom. The van der Waals surface area contributed by atoms with Crippen LogP contribution in [0.25, 0.3) is 0 Å². The van der Waals surface area contributed by atoms with Crippen LogP contribution < -0.4 is 4.90 Å². The summed E-state index contributed by atoms with van der Waals surface area (Å²) in [7, 11) is 0. The van der Waals surface area contributed by atoms with Gasteiger partial charge in [0.25, 0.3) is 0 Å². The number of rotatable bonds is 3. The number of aromatic nitrogens is 1. The monoisotopic (exact) mass is 412 g/mol. The largest absolute Gasteiger partial charge is 0.444 e. The quantitative estimate of drug-likeness (QED) is 0.746. The summed E-state index contributed by atoms with van der Waals surface area (Å²) in [4.78, 5) is 33.4. The Labute approximate surface area is 174 Å². The second-order valence-corrected chi connectivity index (χ2v) is 8.83. The van der Waals surface area contributed by atoms with Crippen molar-refractivity contribution in [3.8, 4) is 6.07 Å². The predicted molar refractivity (Wildman–Crippen MR) is 111 cm³/mol. The van der Waals surface area contributed by atoms with Crippen molar-refractivity contribution in [1.29, 1.82) is 5.26 Å². The van der Waals surface area contributed by atoms with Gasteiger partial charge in [-0.25, -0.2) is 4.79 Å². The number of hydrogen-bond acceptors (Lipinski definition) is 6. The average molecular weight is 413 g/mol. The van der Waals surface area contributed by atoms with Crippen LogP contribution in [-0.4, -0.2) is 34.0 Å². The molecule has 152 valence electrons. The van der Waals surface area contributed by atoms with Crippen LogP contribution in [0.4, 0.5) is 15.5 Å². The number of amides is 2. The van der Waals surface area contributed by atoms with Gasteiger partial charge in [-0.15, -0.1) is 11.3 Å². The molecule has 0 aliphatic carbocycles. The third kappa shape index (κ3) is 4.40. The van der Waals surface area contributed by atoms with Crippen molar-refractivity contribution < 1.29 is 14.3 Å². The molecule has 0 aromatic carbocycles. The molecule has 1 aliphatic rings. The summed E-state index contributed by atoms with van der Waals surface area (Å²) in [5.41, 5.74) is 1.46. The molecule has 0 N–H and O–H groups in total. The molecule has 8 heteroatoms. The molecule has 29 heavy (non-hydrogen) atoms. The number of hydrogen-bond donors (Lipinski definition) is 0. The second kappa shape index (κ2) is 8.21. The number of carbonyl (C=O) groups excluding carboxylic acids is 2. The van der Waals surface area contributed by atoms with Crippen molar-refractivity contribution in [3.63, 3.8) is 0 Å². The van der Waals surface area contributed by atoms with Gasteiger partial charge in [0.2, 0.25) is 5.91 Å². The van der Waals surface area contributed by atoms with Crippen LogP contribution in [0, 0.1) is 11.3 Å². The van der Waals surface area contributed by atoms with Crippen LogP contribution in [0.5, 0.6) is 0 Å². The topological polar surface area (TPSA) is 86.5 Å². The molecular formula is C21H24N4O3S. The van der Waals surface area contributed by atoms with E-state index in [1.807, 2.05) is 20.8 Å². The maximum atomic E-state index is 12.7. The van der Waals surface area contributed by atoms with Crippen molar-refractivity contribution in [3.05, 3.63) is 40.5 Å². The van der Waals surface area contributed by atoms with E-state index in [0.717, 1.165) is 10.4 Å². The maximum Gasteiger partial charge on any atom is 0.410 e. The van der Waals surface area contributed by atoms with Gasteiger partial charge in [-0.05, 0) is 44.9 Å². The summed E-state index contributed by atoms with van der Waals surface area (Å²) in [5, 5.41) is 10.4. The van der Waals surface area contributed by atoms with Crippen molar-refractivity contribution in [1.82, 2.24) is 9.88 Å². The zero-order valence-electron chi connectivity index (χ0n) is 17.1. The van der Waals surface area contributed by atoms with Gasteiger partial charge < -0.3 is 9.64 Å². The van der Waals surface area contributed by atoms with E-state index in [-0.39, 0.29) is 12.0 Å². The van der Waals surface area contributed by atoms with Gasteiger partial charge >= 0.3 is 6.09 Å². The Hall–Kier alpha value is -2.92. The maximum absolute atomic E-state index is 12.7. The molecule has 1 aliphatic heterocycles. The highest BCUT2D eigenvalue weighted by atomic mass is 32.1. The van der Waals surface area contributed by atoms with Gasteiger partial charge in [0.15, 0.2) is 0 Å². The van der Waals surface area contributed by atoms with Gasteiger partial charge in [0.05, 0.1) is 24.0 Å². The fraction of sp³-hybridized carbons (Fsp3) is 0.429. The number of fused-ring (bicyclic) bond motifs is 1. The number of pyridine rings is 1. The predicted octanol–water partition coefficient (Wildman–Crippen LogP) is 4.38. The summed E-state index contributed by atoms with van der Waals surface area (Å²) >= 11 is 1.38. The van der Waals surface area contributed by atoms with Crippen LogP contribution in [0.15, 0.2) is 24.5 Å². The fourth-order valence-electron chi connectivity index (χ4n) is 3.16. The summed E-state index contributed by atoms with van der Waals surface area (Å²) in [6.07, 6.45) is 3.73. The Morgan fingerprint density at radius 1 is 1.41 bits per heavy atom. The van der Waals surface area contributed by atoms with E-state index in [4.69, 9.17) is 4.74 Å². The smallest absolute Gasteiger partial charge is 0.410 e. The Morgan fingerprint density at radius 3 is 2.76 bits per heavy atom. The zero-order chi connectivity index (χ0) is 21.2. The number of thiophene rings is 1. The van der Waals surface area contributed by atoms with E-state index in [1.165, 1.54) is 11.3 Å². The van der Waals surface area contributed by atoms with Gasteiger partial charge in [0, 0.05) is 24.0 Å². The zero-order valence-corrected chi connectivity index (χ0v) is 17.9. The highest BCUT2D eigenvalue weighted by molar-refractivity contribution is 7.16. The molecule has 0 unspecified atom stereocenters. The molecular weight excluding hydrogens is 388 g/mol. The average Bonchev–Trinajstić information content (AvgIpc) is 3.04. The normalized spacial score (nSPS) is 13.4. The van der Waals surface area contributed by atoms with Crippen LogP contribution in [0.1, 0.15) is 50.1 Å². The molecule has 0 fully saturated rings. The van der Waals surface area contributed by atoms with Crippen LogP contribution in [0.2, 0.25) is 0 Å². The Kier molecular flexibility index (Phi) is 5.89. The summed E-state index contributed by atoms with van der Waals surface area (Å²) in [6.45, 7) is 8.12. The van der Waals surface area contributed by atoms with E-state index < -0.39 is 5.60 Å². The molecule has 2 aromatic heterocycles. The van der Waals surface area contributed by atoms with E-state index in [0.29, 0.717) is 42.2 Å². The molecule has 0 radical (unpaired) electrons. The van der Waals surface area contributed by atoms with Gasteiger partial charge in [-0.2, -0.15) is 5.26 Å². The first kappa shape index (κ1) is 20.8. The van der Waals surface area contributed by atoms with Crippen molar-refractivity contribution in [2.75, 3.05) is 11.4 Å². The van der Waals surface area contributed by atoms with Crippen LogP contribution in [0.3, 0.4) is 0 Å². The number of nitriles is 1. The van der Waals surface area contributed by atoms with Crippen molar-refractivity contribution >= 4 is 34.0 Å².